The van der Waals surface area contributed by atoms with Crippen LogP contribution in [0.2, 0.25) is 0 Å². The van der Waals surface area contributed by atoms with Crippen molar-refractivity contribution in [1.29, 1.82) is 0 Å². The maximum absolute atomic E-state index is 11.7. The minimum Gasteiger partial charge on any atom is -1.00 e. The minimum atomic E-state index is -1.38. The molecule has 2 saturated carbocycles. The summed E-state index contributed by atoms with van der Waals surface area (Å²) in [7, 11) is 0. The Kier molecular flexibility index (Phi) is 13.1. The van der Waals surface area contributed by atoms with Crippen molar-refractivity contribution in [3.05, 3.63) is 0 Å². The van der Waals surface area contributed by atoms with Gasteiger partial charge in [0.25, 0.3) is 5.91 Å². The van der Waals surface area contributed by atoms with Gasteiger partial charge in [0.15, 0.2) is 12.2 Å². The Balaban J connectivity index is 0.000000639. The van der Waals surface area contributed by atoms with Crippen LogP contribution in [-0.2, 0) is 14.3 Å². The second kappa shape index (κ2) is 13.8. The highest BCUT2D eigenvalue weighted by molar-refractivity contribution is 5.80. The number of rotatable bonds is 9. The van der Waals surface area contributed by atoms with Crippen molar-refractivity contribution >= 4 is 17.9 Å². The Bertz CT molecular complexity index is 608. The third-order valence-electron chi connectivity index (χ3n) is 5.79. The molecule has 2 aliphatic rings. The van der Waals surface area contributed by atoms with E-state index in [9.17, 15) is 24.6 Å². The van der Waals surface area contributed by atoms with Crippen molar-refractivity contribution in [1.82, 2.24) is 5.32 Å². The number of alkyl carbamates (subject to hydrolysis) is 1. The number of amides is 3. The predicted octanol–water partition coefficient (Wildman–Crippen LogP) is -3.45. The smallest absolute Gasteiger partial charge is 0.407 e. The molecule has 0 heterocycles. The zero-order valence-corrected chi connectivity index (χ0v) is 20.1. The number of hydrogen-bond donors (Lipinski definition) is 6. The van der Waals surface area contributed by atoms with E-state index in [1.807, 2.05) is 0 Å². The van der Waals surface area contributed by atoms with Gasteiger partial charge in [-0.05, 0) is 39.0 Å². The number of halogens is 1. The third kappa shape index (κ3) is 11.3. The summed E-state index contributed by atoms with van der Waals surface area (Å²) in [5.41, 5.74) is 13.1. The highest BCUT2D eigenvalue weighted by Crippen LogP contribution is 2.31. The molecule has 188 valence electrons. The molecule has 0 radical (unpaired) electrons. The van der Waals surface area contributed by atoms with E-state index in [2.05, 4.69) is 11.1 Å². The Morgan fingerprint density at radius 2 is 1.41 bits per heavy atom. The highest BCUT2D eigenvalue weighted by Gasteiger charge is 2.32. The van der Waals surface area contributed by atoms with Crippen LogP contribution in [0.1, 0.15) is 72.1 Å². The van der Waals surface area contributed by atoms with Gasteiger partial charge in [-0.1, -0.05) is 38.5 Å². The zero-order chi connectivity index (χ0) is 23.8. The van der Waals surface area contributed by atoms with Gasteiger partial charge < -0.3 is 49.9 Å². The molecule has 0 aliphatic heterocycles. The van der Waals surface area contributed by atoms with E-state index in [1.54, 1.807) is 20.8 Å². The SMILES string of the molecule is CC(C)(C)OC(=O)NC(CC1CCC1)C(O)C(N)=O.NC(=O)C(O)C([NH3+])CC1CCC1.[Cl-]. The predicted molar refractivity (Wildman–Crippen MR) is 114 cm³/mol. The fourth-order valence-electron chi connectivity index (χ4n) is 3.53. The third-order valence-corrected chi connectivity index (χ3v) is 5.79. The molecule has 2 rings (SSSR count). The molecule has 3 amide bonds. The van der Waals surface area contributed by atoms with Gasteiger partial charge in [-0.25, -0.2) is 4.79 Å². The first-order chi connectivity index (χ1) is 14.3. The van der Waals surface area contributed by atoms with Crippen LogP contribution in [0.25, 0.3) is 0 Å². The molecule has 2 aliphatic carbocycles. The van der Waals surface area contributed by atoms with Gasteiger partial charge >= 0.3 is 6.09 Å². The summed E-state index contributed by atoms with van der Waals surface area (Å²) in [6, 6.07) is -0.912. The standard InChI is InChI=1S/C13H24N2O4.C8H16N2O2.ClH/c1-13(2,3)19-12(18)15-9(10(16)11(14)17)7-8-5-4-6-8;9-6(7(11)8(10)12)4-5-2-1-3-5;/h8-10,16H,4-7H2,1-3H3,(H2,14,17)(H,15,18);5-7,11H,1-4,9H2,(H2,10,12);1H. The lowest BCUT2D eigenvalue weighted by atomic mass is 9.80. The topological polar surface area (TPSA) is 193 Å². The van der Waals surface area contributed by atoms with E-state index in [1.165, 1.54) is 19.3 Å². The van der Waals surface area contributed by atoms with Crippen molar-refractivity contribution in [3.8, 4) is 0 Å². The van der Waals surface area contributed by atoms with Gasteiger partial charge in [0.1, 0.15) is 11.6 Å². The molecule has 0 aromatic heterocycles. The van der Waals surface area contributed by atoms with Crippen LogP contribution in [0.4, 0.5) is 4.79 Å². The van der Waals surface area contributed by atoms with Crippen molar-refractivity contribution in [2.75, 3.05) is 0 Å². The molecule has 11 heteroatoms. The molecule has 4 atom stereocenters. The van der Waals surface area contributed by atoms with Gasteiger partial charge in [-0.15, -0.1) is 0 Å². The number of quaternary nitrogens is 1. The van der Waals surface area contributed by atoms with E-state index in [0.717, 1.165) is 25.7 Å². The Hall–Kier alpha value is -1.62. The normalized spacial score (nSPS) is 19.9. The second-order valence-corrected chi connectivity index (χ2v) is 9.77. The number of nitrogens with two attached hydrogens (primary N) is 2. The molecule has 0 saturated heterocycles. The van der Waals surface area contributed by atoms with Crippen LogP contribution in [0.3, 0.4) is 0 Å². The number of ether oxygens (including phenoxy) is 1. The van der Waals surface area contributed by atoms with Gasteiger partial charge in [-0.3, -0.25) is 9.59 Å². The molecule has 2 fully saturated rings. The zero-order valence-electron chi connectivity index (χ0n) is 19.4. The Labute approximate surface area is 196 Å². The van der Waals surface area contributed by atoms with Gasteiger partial charge in [0.2, 0.25) is 5.91 Å². The van der Waals surface area contributed by atoms with Gasteiger partial charge in [0.05, 0.1) is 6.04 Å². The summed E-state index contributed by atoms with van der Waals surface area (Å²) in [5, 5.41) is 21.5. The van der Waals surface area contributed by atoms with Crippen LogP contribution in [-0.4, -0.2) is 58.0 Å². The quantitative estimate of drug-likeness (QED) is 0.198. The van der Waals surface area contributed by atoms with Crippen molar-refractivity contribution in [2.24, 2.45) is 23.3 Å². The lowest BCUT2D eigenvalue weighted by Gasteiger charge is -2.32. The molecule has 10 nitrogen and oxygen atoms in total. The van der Waals surface area contributed by atoms with Gasteiger partial charge in [0, 0.05) is 6.42 Å². The first kappa shape index (κ1) is 30.4. The Morgan fingerprint density at radius 1 is 0.969 bits per heavy atom. The number of primary amides is 2. The average Bonchev–Trinajstić information content (AvgIpc) is 2.57. The summed E-state index contributed by atoms with van der Waals surface area (Å²) in [5.74, 6) is -0.412. The number of carbonyl (C=O) groups excluding carboxylic acids is 3. The molecule has 0 aromatic carbocycles. The molecule has 32 heavy (non-hydrogen) atoms. The van der Waals surface area contributed by atoms with Crippen molar-refractivity contribution in [2.45, 2.75) is 102 Å². The van der Waals surface area contributed by atoms with E-state index >= 15 is 0 Å². The monoisotopic (exact) mass is 480 g/mol. The summed E-state index contributed by atoms with van der Waals surface area (Å²) >= 11 is 0. The fourth-order valence-corrected chi connectivity index (χ4v) is 3.53. The van der Waals surface area contributed by atoms with Crippen molar-refractivity contribution < 1.29 is 47.5 Å². The first-order valence-electron chi connectivity index (χ1n) is 11.1. The van der Waals surface area contributed by atoms with E-state index in [0.29, 0.717) is 18.3 Å². The highest BCUT2D eigenvalue weighted by atomic mass is 35.5. The summed E-state index contributed by atoms with van der Waals surface area (Å²) in [4.78, 5) is 33.3. The molecule has 0 bridgehead atoms. The largest absolute Gasteiger partial charge is 1.00 e. The number of carbonyl (C=O) groups is 3. The van der Waals surface area contributed by atoms with Gasteiger partial charge in [-0.2, -0.15) is 0 Å². The fraction of sp³-hybridized carbons (Fsp3) is 0.857. The summed E-state index contributed by atoms with van der Waals surface area (Å²) in [6.07, 6.45) is 5.22. The molecule has 0 aromatic rings. The van der Waals surface area contributed by atoms with Crippen LogP contribution >= 0.6 is 0 Å². The maximum atomic E-state index is 11.7. The molecule has 10 N–H and O–H groups in total. The van der Waals surface area contributed by atoms with E-state index in [4.69, 9.17) is 16.2 Å². The molecular weight excluding hydrogens is 440 g/mol. The number of aliphatic hydroxyl groups excluding tert-OH is 2. The second-order valence-electron chi connectivity index (χ2n) is 9.77. The number of nitrogens with one attached hydrogen (secondary N) is 1. The van der Waals surface area contributed by atoms with Crippen LogP contribution in [0.5, 0.6) is 0 Å². The van der Waals surface area contributed by atoms with E-state index < -0.39 is 41.8 Å². The van der Waals surface area contributed by atoms with Crippen LogP contribution in [0.15, 0.2) is 0 Å². The summed E-state index contributed by atoms with van der Waals surface area (Å²) in [6.45, 7) is 5.24. The average molecular weight is 481 g/mol. The first-order valence-corrected chi connectivity index (χ1v) is 11.1. The molecule has 0 spiro atoms. The van der Waals surface area contributed by atoms with Crippen LogP contribution in [0, 0.1) is 11.8 Å². The minimum absolute atomic E-state index is 0. The lowest BCUT2D eigenvalue weighted by Crippen LogP contribution is -3.00. The Morgan fingerprint density at radius 3 is 1.75 bits per heavy atom. The summed E-state index contributed by atoms with van der Waals surface area (Å²) < 4.78 is 5.12. The van der Waals surface area contributed by atoms with Crippen molar-refractivity contribution in [3.63, 3.8) is 0 Å². The lowest BCUT2D eigenvalue weighted by molar-refractivity contribution is -0.437. The molecule has 4 unspecified atom stereocenters. The number of aliphatic hydroxyl groups is 2. The number of hydrogen-bond acceptors (Lipinski definition) is 6. The maximum Gasteiger partial charge on any atom is 0.407 e. The molecular formula is C21H41ClN4O6. The van der Waals surface area contributed by atoms with Crippen LogP contribution < -0.4 is 34.9 Å². The van der Waals surface area contributed by atoms with E-state index in [-0.39, 0.29) is 18.4 Å².